The average molecular weight is 783 g/mol. The van der Waals surface area contributed by atoms with E-state index in [1.807, 2.05) is 6.07 Å². The van der Waals surface area contributed by atoms with Gasteiger partial charge in [-0.1, -0.05) is 38.4 Å². The van der Waals surface area contributed by atoms with Crippen LogP contribution < -0.4 is 0 Å². The number of hydrogen-bond acceptors (Lipinski definition) is 8. The van der Waals surface area contributed by atoms with E-state index in [2.05, 4.69) is 10.2 Å². The molecule has 53 heavy (non-hydrogen) atoms. The summed E-state index contributed by atoms with van der Waals surface area (Å²) < 4.78 is 121. The van der Waals surface area contributed by atoms with Gasteiger partial charge in [0.25, 0.3) is 5.91 Å². The number of carbonyl (C=O) groups excluding carboxylic acids is 2. The number of rotatable bonds is 10. The lowest BCUT2D eigenvalue weighted by Crippen LogP contribution is -2.48. The molecule has 1 aliphatic carbocycles. The van der Waals surface area contributed by atoms with E-state index in [-0.39, 0.29) is 39.2 Å². The number of nitrogens with zero attached hydrogens (tertiary/aromatic N) is 6. The molecule has 4 rings (SSSR count). The van der Waals surface area contributed by atoms with E-state index < -0.39 is 82.6 Å². The zero-order chi connectivity index (χ0) is 40.3. The maximum Gasteiger partial charge on any atom is 0.510 e. The van der Waals surface area contributed by atoms with Gasteiger partial charge in [-0.3, -0.25) is 14.5 Å². The largest absolute Gasteiger partial charge is 0.510 e. The van der Waals surface area contributed by atoms with Crippen LogP contribution in [0.15, 0.2) is 30.6 Å². The summed E-state index contributed by atoms with van der Waals surface area (Å²) in [5.41, 5.74) is -9.17. The van der Waals surface area contributed by atoms with Crippen molar-refractivity contribution in [2.45, 2.75) is 77.4 Å². The Bertz CT molecular complexity index is 1970. The van der Waals surface area contributed by atoms with Crippen LogP contribution in [-0.4, -0.2) is 72.1 Å². The van der Waals surface area contributed by atoms with Crippen LogP contribution in [0.25, 0.3) is 16.9 Å². The highest BCUT2D eigenvalue weighted by atomic mass is 35.5. The van der Waals surface area contributed by atoms with Crippen molar-refractivity contribution in [3.05, 3.63) is 52.4 Å². The van der Waals surface area contributed by atoms with E-state index >= 15 is 0 Å². The molecule has 0 spiro atoms. The highest BCUT2D eigenvalue weighted by Crippen LogP contribution is 2.49. The second kappa shape index (κ2) is 13.5. The number of hydrogen-bond donors (Lipinski definition) is 1. The van der Waals surface area contributed by atoms with Crippen LogP contribution in [0, 0.1) is 22.2 Å². The number of aliphatic carboxylic acids is 1. The number of carbonyl (C=O) groups is 3. The van der Waals surface area contributed by atoms with Crippen LogP contribution in [0.2, 0.25) is 5.02 Å². The normalized spacial score (nSPS) is 15.4. The number of aromatic nitrogens is 4. The first-order valence-electron chi connectivity index (χ1n) is 15.3. The topological polar surface area (TPSA) is 153 Å². The summed E-state index contributed by atoms with van der Waals surface area (Å²) in [6.45, 7) is 6.74. The van der Waals surface area contributed by atoms with Crippen molar-refractivity contribution in [1.82, 2.24) is 24.5 Å². The third-order valence-corrected chi connectivity index (χ3v) is 8.83. The first-order valence-corrected chi connectivity index (χ1v) is 15.7. The Morgan fingerprint density at radius 1 is 1.06 bits per heavy atom. The van der Waals surface area contributed by atoms with Gasteiger partial charge in [-0.25, -0.2) is 14.2 Å². The molecule has 0 radical (unpaired) electrons. The second-order valence-electron chi connectivity index (χ2n) is 13.9. The molecule has 2 aromatic heterocycles. The maximum atomic E-state index is 14.2. The highest BCUT2D eigenvalue weighted by Gasteiger charge is 2.64. The quantitative estimate of drug-likeness (QED) is 0.124. The van der Waals surface area contributed by atoms with Crippen molar-refractivity contribution in [2.24, 2.45) is 17.9 Å². The third kappa shape index (κ3) is 7.75. The van der Waals surface area contributed by atoms with Gasteiger partial charge >= 0.3 is 30.4 Å². The van der Waals surface area contributed by atoms with Crippen LogP contribution >= 0.6 is 11.6 Å². The Kier molecular flexibility index (Phi) is 10.4. The molecule has 0 saturated heterocycles. The van der Waals surface area contributed by atoms with Gasteiger partial charge < -0.3 is 14.6 Å². The fourth-order valence-electron chi connectivity index (χ4n) is 5.70. The molecular formula is C32H31ClF8N6O6. The monoisotopic (exact) mass is 782 g/mol. The number of carboxylic acid groups (broad SMARTS) is 1. The molecule has 0 aliphatic heterocycles. The van der Waals surface area contributed by atoms with Crippen molar-refractivity contribution in [2.75, 3.05) is 6.73 Å². The predicted octanol–water partition coefficient (Wildman–Crippen LogP) is 7.73. The van der Waals surface area contributed by atoms with Gasteiger partial charge in [0.15, 0.2) is 18.2 Å². The summed E-state index contributed by atoms with van der Waals surface area (Å²) in [7, 11) is 0.715. The Hall–Kier alpha value is -4.93. The summed E-state index contributed by atoms with van der Waals surface area (Å²) in [5, 5.41) is 26.0. The number of carboxylic acids is 1. The molecule has 3 aromatic rings. The molecule has 1 fully saturated rings. The van der Waals surface area contributed by atoms with Crippen LogP contribution in [0.4, 0.5) is 39.9 Å². The fraction of sp³-hybridized carbons (Fsp3) is 0.500. The summed E-state index contributed by atoms with van der Waals surface area (Å²) in [5.74, 6) is -9.46. The number of nitriles is 1. The third-order valence-electron chi connectivity index (χ3n) is 8.50. The van der Waals surface area contributed by atoms with E-state index in [4.69, 9.17) is 21.1 Å². The van der Waals surface area contributed by atoms with Crippen molar-refractivity contribution in [3.8, 4) is 23.0 Å². The maximum absolute atomic E-state index is 14.2. The SMILES string of the molecule is Cn1nc(C(F)(F)C(F)(F)F)c(C(F)(F)F)c1-n1cc(-c2ccc(Cl)c(C(=O)N(COC(=O)OC(C(C)(C)C)C(C)(C)C(=O)O)C3(C#N)CC3)c2)cn1. The minimum absolute atomic E-state index is 0.0478. The van der Waals surface area contributed by atoms with E-state index in [0.717, 1.165) is 23.4 Å². The van der Waals surface area contributed by atoms with Crippen molar-refractivity contribution in [3.63, 3.8) is 0 Å². The van der Waals surface area contributed by atoms with Crippen molar-refractivity contribution in [1.29, 1.82) is 5.26 Å². The Balaban J connectivity index is 1.68. The van der Waals surface area contributed by atoms with E-state index in [9.17, 15) is 59.9 Å². The van der Waals surface area contributed by atoms with Gasteiger partial charge in [0.2, 0.25) is 0 Å². The summed E-state index contributed by atoms with van der Waals surface area (Å²) >= 11 is 6.33. The van der Waals surface area contributed by atoms with Gasteiger partial charge in [-0.15, -0.1) is 0 Å². The number of alkyl halides is 8. The van der Waals surface area contributed by atoms with E-state index in [1.54, 1.807) is 20.8 Å². The number of amides is 1. The second-order valence-corrected chi connectivity index (χ2v) is 14.3. The number of ether oxygens (including phenoxy) is 2. The smallest absolute Gasteiger partial charge is 0.481 e. The van der Waals surface area contributed by atoms with Crippen LogP contribution in [0.1, 0.15) is 69.1 Å². The molecule has 1 N–H and O–H groups in total. The van der Waals surface area contributed by atoms with Gasteiger partial charge in [0.1, 0.15) is 17.2 Å². The number of aryl methyl sites for hydroxylation is 1. The molecule has 1 aromatic carbocycles. The molecule has 1 amide bonds. The molecule has 0 bridgehead atoms. The molecular weight excluding hydrogens is 752 g/mol. The van der Waals surface area contributed by atoms with E-state index in [1.165, 1.54) is 26.0 Å². The fourth-order valence-corrected chi connectivity index (χ4v) is 5.90. The van der Waals surface area contributed by atoms with Gasteiger partial charge in [0.05, 0.1) is 28.3 Å². The van der Waals surface area contributed by atoms with Crippen LogP contribution in [-0.2, 0) is 33.4 Å². The lowest BCUT2D eigenvalue weighted by molar-refractivity contribution is -0.292. The van der Waals surface area contributed by atoms with Crippen LogP contribution in [0.3, 0.4) is 0 Å². The van der Waals surface area contributed by atoms with Crippen molar-refractivity contribution >= 4 is 29.6 Å². The van der Waals surface area contributed by atoms with Crippen LogP contribution in [0.5, 0.6) is 0 Å². The van der Waals surface area contributed by atoms with Gasteiger partial charge in [-0.05, 0) is 44.4 Å². The molecule has 1 unspecified atom stereocenters. The Morgan fingerprint density at radius 3 is 2.15 bits per heavy atom. The minimum atomic E-state index is -6.41. The molecule has 1 aliphatic rings. The molecule has 1 atom stereocenters. The standard InChI is InChI=1S/C32H31ClF8N6O6/c1-27(2,3)24(28(4,5)25(49)50)53-26(51)52-15-46(29(14-42)9-10-29)23(48)18-11-16(7-8-19(18)33)17-12-43-47(13-17)22-20(31(36,37)38)21(44-45(22)6)30(34,35)32(39,40)41/h7-8,11-13,24H,9-10,15H2,1-6H3,(H,49,50). The molecule has 12 nitrogen and oxygen atoms in total. The molecule has 2 heterocycles. The molecule has 1 saturated carbocycles. The minimum Gasteiger partial charge on any atom is -0.481 e. The number of benzene rings is 1. The summed E-state index contributed by atoms with van der Waals surface area (Å²) in [6.07, 6.45) is -12.6. The Morgan fingerprint density at radius 2 is 1.66 bits per heavy atom. The zero-order valence-electron chi connectivity index (χ0n) is 28.7. The molecule has 288 valence electrons. The zero-order valence-corrected chi connectivity index (χ0v) is 29.4. The summed E-state index contributed by atoms with van der Waals surface area (Å²) in [6, 6.07) is 5.62. The first kappa shape index (κ1) is 40.8. The van der Waals surface area contributed by atoms with E-state index in [0.29, 0.717) is 11.7 Å². The number of halogens is 9. The first-order chi connectivity index (χ1) is 24.1. The van der Waals surface area contributed by atoms with Gasteiger partial charge in [-0.2, -0.15) is 50.6 Å². The lowest BCUT2D eigenvalue weighted by atomic mass is 9.73. The average Bonchev–Trinajstić information content (AvgIpc) is 3.49. The van der Waals surface area contributed by atoms with Crippen molar-refractivity contribution < 1.29 is 64.1 Å². The van der Waals surface area contributed by atoms with Gasteiger partial charge in [0, 0.05) is 24.2 Å². The Labute approximate surface area is 300 Å². The molecule has 21 heteroatoms. The highest BCUT2D eigenvalue weighted by molar-refractivity contribution is 6.34. The lowest BCUT2D eigenvalue weighted by Gasteiger charge is -2.38. The summed E-state index contributed by atoms with van der Waals surface area (Å²) in [4.78, 5) is 39.5. The predicted molar refractivity (Wildman–Crippen MR) is 167 cm³/mol.